The number of benzene rings is 2. The Labute approximate surface area is 178 Å². The zero-order valence-corrected chi connectivity index (χ0v) is 17.7. The summed E-state index contributed by atoms with van der Waals surface area (Å²) in [6.07, 6.45) is 0. The second kappa shape index (κ2) is 8.61. The van der Waals surface area contributed by atoms with E-state index in [1.165, 1.54) is 0 Å². The van der Waals surface area contributed by atoms with Gasteiger partial charge in [0.05, 0.1) is 12.8 Å². The number of nitrogens with zero attached hydrogens (tertiary/aromatic N) is 4. The summed E-state index contributed by atoms with van der Waals surface area (Å²) in [4.78, 5) is 16.7. The molecule has 2 heterocycles. The summed E-state index contributed by atoms with van der Waals surface area (Å²) in [6, 6.07) is 19.2. The average molecular weight is 453 g/mol. The van der Waals surface area contributed by atoms with Gasteiger partial charge < -0.3 is 14.5 Å². The molecule has 1 saturated heterocycles. The van der Waals surface area contributed by atoms with Crippen molar-refractivity contribution < 1.29 is 9.53 Å². The predicted molar refractivity (Wildman–Crippen MR) is 116 cm³/mol. The molecule has 148 valence electrons. The number of carbonyl (C=O) groups excluding carboxylic acids is 1. The SMILES string of the molecule is COc1ccc(-c2ccc(N3CCN(C(=O)c4cccc(Br)c4)CC3)nn2)cc1. The van der Waals surface area contributed by atoms with Gasteiger partial charge in [-0.2, -0.15) is 0 Å². The Kier molecular flexibility index (Phi) is 5.76. The first-order chi connectivity index (χ1) is 14.1. The third-order valence-electron chi connectivity index (χ3n) is 5.00. The highest BCUT2D eigenvalue weighted by Crippen LogP contribution is 2.22. The monoisotopic (exact) mass is 452 g/mol. The first-order valence-electron chi connectivity index (χ1n) is 9.42. The number of methoxy groups -OCH3 is 1. The van der Waals surface area contributed by atoms with Crippen molar-refractivity contribution in [1.29, 1.82) is 0 Å². The maximum absolute atomic E-state index is 12.7. The third-order valence-corrected chi connectivity index (χ3v) is 5.49. The number of hydrogen-bond acceptors (Lipinski definition) is 5. The summed E-state index contributed by atoms with van der Waals surface area (Å²) < 4.78 is 6.10. The number of anilines is 1. The number of halogens is 1. The van der Waals surface area contributed by atoms with E-state index in [0.717, 1.165) is 40.4 Å². The minimum absolute atomic E-state index is 0.0619. The second-order valence-corrected chi connectivity index (χ2v) is 7.71. The highest BCUT2D eigenvalue weighted by atomic mass is 79.9. The molecule has 1 fully saturated rings. The third kappa shape index (κ3) is 4.40. The maximum atomic E-state index is 12.7. The Bertz CT molecular complexity index is 984. The number of carbonyl (C=O) groups is 1. The Hall–Kier alpha value is -2.93. The normalized spacial score (nSPS) is 14.0. The molecule has 1 aliphatic heterocycles. The van der Waals surface area contributed by atoms with Gasteiger partial charge in [-0.05, 0) is 54.6 Å². The maximum Gasteiger partial charge on any atom is 0.254 e. The van der Waals surface area contributed by atoms with Crippen molar-refractivity contribution >= 4 is 27.7 Å². The van der Waals surface area contributed by atoms with Crippen LogP contribution >= 0.6 is 15.9 Å². The summed E-state index contributed by atoms with van der Waals surface area (Å²) in [5.41, 5.74) is 2.52. The van der Waals surface area contributed by atoms with Crippen molar-refractivity contribution in [3.8, 4) is 17.0 Å². The van der Waals surface area contributed by atoms with E-state index in [9.17, 15) is 4.79 Å². The molecule has 0 atom stereocenters. The molecule has 6 nitrogen and oxygen atoms in total. The lowest BCUT2D eigenvalue weighted by atomic mass is 10.1. The van der Waals surface area contributed by atoms with Crippen molar-refractivity contribution in [2.75, 3.05) is 38.2 Å². The van der Waals surface area contributed by atoms with Crippen LogP contribution in [0.15, 0.2) is 65.1 Å². The largest absolute Gasteiger partial charge is 0.497 e. The molecule has 0 spiro atoms. The van der Waals surface area contributed by atoms with E-state index >= 15 is 0 Å². The molecule has 0 unspecified atom stereocenters. The van der Waals surface area contributed by atoms with E-state index in [1.807, 2.05) is 65.6 Å². The number of aromatic nitrogens is 2. The van der Waals surface area contributed by atoms with Crippen molar-refractivity contribution in [2.24, 2.45) is 0 Å². The van der Waals surface area contributed by atoms with Crippen LogP contribution in [-0.4, -0.2) is 54.3 Å². The van der Waals surface area contributed by atoms with Crippen LogP contribution in [0, 0.1) is 0 Å². The zero-order chi connectivity index (χ0) is 20.2. The van der Waals surface area contributed by atoms with Gasteiger partial charge in [0.15, 0.2) is 5.82 Å². The summed E-state index contributed by atoms with van der Waals surface area (Å²) in [5.74, 6) is 1.71. The first-order valence-corrected chi connectivity index (χ1v) is 10.2. The average Bonchev–Trinajstić information content (AvgIpc) is 2.79. The molecular formula is C22H21BrN4O2. The van der Waals surface area contributed by atoms with Crippen LogP contribution < -0.4 is 9.64 Å². The molecule has 0 saturated carbocycles. The van der Waals surface area contributed by atoms with Crippen molar-refractivity contribution in [1.82, 2.24) is 15.1 Å². The Morgan fingerprint density at radius 2 is 1.72 bits per heavy atom. The van der Waals surface area contributed by atoms with Gasteiger partial charge in [0, 0.05) is 41.8 Å². The molecule has 1 amide bonds. The highest BCUT2D eigenvalue weighted by Gasteiger charge is 2.23. The van der Waals surface area contributed by atoms with Crippen LogP contribution in [0.4, 0.5) is 5.82 Å². The molecule has 7 heteroatoms. The van der Waals surface area contributed by atoms with Crippen LogP contribution in [0.5, 0.6) is 5.75 Å². The second-order valence-electron chi connectivity index (χ2n) is 6.79. The number of ether oxygens (including phenoxy) is 1. The molecule has 0 N–H and O–H groups in total. The summed E-state index contributed by atoms with van der Waals surface area (Å²) in [5, 5.41) is 8.77. The zero-order valence-electron chi connectivity index (χ0n) is 16.1. The minimum Gasteiger partial charge on any atom is -0.497 e. The highest BCUT2D eigenvalue weighted by molar-refractivity contribution is 9.10. The molecule has 4 rings (SSSR count). The van der Waals surface area contributed by atoms with E-state index in [4.69, 9.17) is 4.74 Å². The van der Waals surface area contributed by atoms with Crippen LogP contribution in [0.2, 0.25) is 0 Å². The molecule has 3 aromatic rings. The van der Waals surface area contributed by atoms with Crippen LogP contribution in [0.3, 0.4) is 0 Å². The number of amides is 1. The lowest BCUT2D eigenvalue weighted by Gasteiger charge is -2.35. The van der Waals surface area contributed by atoms with Gasteiger partial charge in [-0.25, -0.2) is 0 Å². The van der Waals surface area contributed by atoms with Crippen LogP contribution in [0.1, 0.15) is 10.4 Å². The summed E-state index contributed by atoms with van der Waals surface area (Å²) >= 11 is 3.42. The number of rotatable bonds is 4. The van der Waals surface area contributed by atoms with Gasteiger partial charge in [-0.3, -0.25) is 4.79 Å². The molecule has 1 aromatic heterocycles. The Morgan fingerprint density at radius 3 is 2.34 bits per heavy atom. The lowest BCUT2D eigenvalue weighted by Crippen LogP contribution is -2.49. The summed E-state index contributed by atoms with van der Waals surface area (Å²) in [6.45, 7) is 2.78. The van der Waals surface area contributed by atoms with Crippen molar-refractivity contribution in [3.05, 3.63) is 70.7 Å². The van der Waals surface area contributed by atoms with Gasteiger partial charge in [0.25, 0.3) is 5.91 Å². The van der Waals surface area contributed by atoms with E-state index in [0.29, 0.717) is 18.7 Å². The topological polar surface area (TPSA) is 58.6 Å². The van der Waals surface area contributed by atoms with Gasteiger partial charge in [0.1, 0.15) is 5.75 Å². The fourth-order valence-electron chi connectivity index (χ4n) is 3.35. The fourth-order valence-corrected chi connectivity index (χ4v) is 3.75. The first kappa shape index (κ1) is 19.4. The Balaban J connectivity index is 1.38. The van der Waals surface area contributed by atoms with E-state index in [1.54, 1.807) is 7.11 Å². The molecule has 1 aliphatic rings. The van der Waals surface area contributed by atoms with Crippen LogP contribution in [-0.2, 0) is 0 Å². The smallest absolute Gasteiger partial charge is 0.254 e. The fraction of sp³-hybridized carbons (Fsp3) is 0.227. The number of hydrogen-bond donors (Lipinski definition) is 0. The quantitative estimate of drug-likeness (QED) is 0.600. The molecule has 0 bridgehead atoms. The minimum atomic E-state index is 0.0619. The van der Waals surface area contributed by atoms with E-state index < -0.39 is 0 Å². The molecule has 0 radical (unpaired) electrons. The summed E-state index contributed by atoms with van der Waals surface area (Å²) in [7, 11) is 1.65. The standard InChI is InChI=1S/C22H21BrN4O2/c1-29-19-7-5-16(6-8-19)20-9-10-21(25-24-20)26-11-13-27(14-12-26)22(28)17-3-2-4-18(23)15-17/h2-10,15H,11-14H2,1H3. The Morgan fingerprint density at radius 1 is 0.966 bits per heavy atom. The van der Waals surface area contributed by atoms with Gasteiger partial charge in [-0.1, -0.05) is 22.0 Å². The van der Waals surface area contributed by atoms with E-state index in [2.05, 4.69) is 31.0 Å². The molecule has 2 aromatic carbocycles. The van der Waals surface area contributed by atoms with Gasteiger partial charge in [0.2, 0.25) is 0 Å². The van der Waals surface area contributed by atoms with Crippen LogP contribution in [0.25, 0.3) is 11.3 Å². The molecular weight excluding hydrogens is 432 g/mol. The van der Waals surface area contributed by atoms with Crippen molar-refractivity contribution in [3.63, 3.8) is 0 Å². The molecule has 29 heavy (non-hydrogen) atoms. The van der Waals surface area contributed by atoms with Crippen molar-refractivity contribution in [2.45, 2.75) is 0 Å². The van der Waals surface area contributed by atoms with Gasteiger partial charge >= 0.3 is 0 Å². The van der Waals surface area contributed by atoms with Gasteiger partial charge in [-0.15, -0.1) is 10.2 Å². The molecule has 0 aliphatic carbocycles. The van der Waals surface area contributed by atoms with E-state index in [-0.39, 0.29) is 5.91 Å². The lowest BCUT2D eigenvalue weighted by molar-refractivity contribution is 0.0746. The number of piperazine rings is 1. The predicted octanol–water partition coefficient (Wildman–Crippen LogP) is 3.88.